The Morgan fingerprint density at radius 2 is 2.00 bits per heavy atom. The zero-order valence-corrected chi connectivity index (χ0v) is 12.9. The summed E-state index contributed by atoms with van der Waals surface area (Å²) < 4.78 is 11.1. The molecule has 1 aromatic carbocycles. The lowest BCUT2D eigenvalue weighted by Gasteiger charge is -2.23. The molecule has 1 heterocycles. The van der Waals surface area contributed by atoms with Crippen LogP contribution in [0.25, 0.3) is 0 Å². The van der Waals surface area contributed by atoms with Gasteiger partial charge in [0, 0.05) is 11.1 Å². The zero-order valence-electron chi connectivity index (χ0n) is 12.9. The van der Waals surface area contributed by atoms with E-state index in [4.69, 9.17) is 9.15 Å². The van der Waals surface area contributed by atoms with Gasteiger partial charge < -0.3 is 14.5 Å². The summed E-state index contributed by atoms with van der Waals surface area (Å²) in [5, 5.41) is 3.54. The average molecular weight is 273 g/mol. The molecule has 0 aliphatic heterocycles. The van der Waals surface area contributed by atoms with Gasteiger partial charge in [-0.25, -0.2) is 0 Å². The number of aryl methyl sites for hydroxylation is 3. The number of hydrogen-bond donors (Lipinski definition) is 1. The number of ether oxygens (including phenoxy) is 1. The number of nitrogens with one attached hydrogen (secondary N) is 1. The molecule has 3 heteroatoms. The van der Waals surface area contributed by atoms with Crippen LogP contribution < -0.4 is 10.1 Å². The van der Waals surface area contributed by atoms with Crippen molar-refractivity contribution in [3.05, 3.63) is 52.5 Å². The van der Waals surface area contributed by atoms with Gasteiger partial charge >= 0.3 is 0 Å². The SMILES string of the molecule is CCNC(c1ccoc1C)c1c(C)cc(C)cc1OC. The van der Waals surface area contributed by atoms with Crippen LogP contribution in [0.3, 0.4) is 0 Å². The molecular formula is C17H23NO2. The number of hydrogen-bond acceptors (Lipinski definition) is 3. The van der Waals surface area contributed by atoms with Gasteiger partial charge in [0.2, 0.25) is 0 Å². The van der Waals surface area contributed by atoms with Crippen molar-refractivity contribution in [3.63, 3.8) is 0 Å². The van der Waals surface area contributed by atoms with E-state index in [0.29, 0.717) is 0 Å². The number of rotatable bonds is 5. The third-order valence-corrected chi connectivity index (χ3v) is 3.62. The van der Waals surface area contributed by atoms with Crippen molar-refractivity contribution >= 4 is 0 Å². The normalized spacial score (nSPS) is 12.4. The standard InChI is InChI=1S/C17H23NO2/c1-6-18-17(14-7-8-20-13(14)4)16-12(3)9-11(2)10-15(16)19-5/h7-10,17-18H,6H2,1-5H3. The molecule has 1 unspecified atom stereocenters. The monoisotopic (exact) mass is 273 g/mol. The molecule has 1 N–H and O–H groups in total. The Balaban J connectivity index is 2.58. The molecule has 20 heavy (non-hydrogen) atoms. The molecule has 1 aromatic heterocycles. The fraction of sp³-hybridized carbons (Fsp3) is 0.412. The minimum Gasteiger partial charge on any atom is -0.496 e. The molecule has 2 rings (SSSR count). The molecule has 0 saturated carbocycles. The van der Waals surface area contributed by atoms with Crippen LogP contribution in [0, 0.1) is 20.8 Å². The van der Waals surface area contributed by atoms with Crippen LogP contribution in [0.4, 0.5) is 0 Å². The highest BCUT2D eigenvalue weighted by Crippen LogP contribution is 2.35. The Hall–Kier alpha value is -1.74. The van der Waals surface area contributed by atoms with Gasteiger partial charge in [-0.05, 0) is 50.6 Å². The average Bonchev–Trinajstić information content (AvgIpc) is 2.82. The first-order valence-electron chi connectivity index (χ1n) is 7.01. The number of furan rings is 1. The van der Waals surface area contributed by atoms with Gasteiger partial charge in [-0.2, -0.15) is 0 Å². The summed E-state index contributed by atoms with van der Waals surface area (Å²) in [6.07, 6.45) is 1.74. The second-order valence-electron chi connectivity index (χ2n) is 5.12. The molecule has 0 bridgehead atoms. The Kier molecular flexibility index (Phi) is 4.50. The zero-order chi connectivity index (χ0) is 14.7. The van der Waals surface area contributed by atoms with E-state index in [2.05, 4.69) is 38.2 Å². The minimum absolute atomic E-state index is 0.0919. The molecule has 0 amide bonds. The highest BCUT2D eigenvalue weighted by atomic mass is 16.5. The lowest BCUT2D eigenvalue weighted by molar-refractivity contribution is 0.403. The van der Waals surface area contributed by atoms with Crippen LogP contribution >= 0.6 is 0 Å². The minimum atomic E-state index is 0.0919. The van der Waals surface area contributed by atoms with E-state index in [0.717, 1.165) is 23.6 Å². The molecule has 0 spiro atoms. The third-order valence-electron chi connectivity index (χ3n) is 3.62. The van der Waals surface area contributed by atoms with Gasteiger partial charge in [0.05, 0.1) is 19.4 Å². The molecule has 2 aromatic rings. The van der Waals surface area contributed by atoms with Crippen molar-refractivity contribution in [2.24, 2.45) is 0 Å². The van der Waals surface area contributed by atoms with E-state index < -0.39 is 0 Å². The molecule has 0 fully saturated rings. The fourth-order valence-corrected chi connectivity index (χ4v) is 2.74. The van der Waals surface area contributed by atoms with Crippen molar-refractivity contribution in [3.8, 4) is 5.75 Å². The maximum Gasteiger partial charge on any atom is 0.124 e. The van der Waals surface area contributed by atoms with Crippen molar-refractivity contribution in [2.45, 2.75) is 33.7 Å². The summed E-state index contributed by atoms with van der Waals surface area (Å²) in [6, 6.07) is 6.40. The predicted molar refractivity (Wildman–Crippen MR) is 81.4 cm³/mol. The van der Waals surface area contributed by atoms with E-state index in [1.54, 1.807) is 13.4 Å². The Morgan fingerprint density at radius 1 is 1.25 bits per heavy atom. The second-order valence-corrected chi connectivity index (χ2v) is 5.12. The van der Waals surface area contributed by atoms with Crippen LogP contribution in [0.2, 0.25) is 0 Å². The van der Waals surface area contributed by atoms with Crippen LogP contribution in [-0.4, -0.2) is 13.7 Å². The first-order valence-corrected chi connectivity index (χ1v) is 7.01. The number of methoxy groups -OCH3 is 1. The molecule has 3 nitrogen and oxygen atoms in total. The number of benzene rings is 1. The van der Waals surface area contributed by atoms with E-state index in [1.807, 2.05) is 13.0 Å². The summed E-state index contributed by atoms with van der Waals surface area (Å²) in [5.41, 5.74) is 4.79. The molecule has 108 valence electrons. The first kappa shape index (κ1) is 14.7. The highest BCUT2D eigenvalue weighted by molar-refractivity contribution is 5.49. The smallest absolute Gasteiger partial charge is 0.124 e. The maximum absolute atomic E-state index is 5.60. The van der Waals surface area contributed by atoms with Crippen LogP contribution in [0.15, 0.2) is 28.9 Å². The quantitative estimate of drug-likeness (QED) is 0.896. The molecule has 0 aliphatic rings. The van der Waals surface area contributed by atoms with Crippen molar-refractivity contribution in [1.82, 2.24) is 5.32 Å². The van der Waals surface area contributed by atoms with Crippen LogP contribution in [0.1, 0.15) is 41.0 Å². The summed E-state index contributed by atoms with van der Waals surface area (Å²) in [5.74, 6) is 1.87. The molecule has 0 aliphatic carbocycles. The third kappa shape index (κ3) is 2.73. The summed E-state index contributed by atoms with van der Waals surface area (Å²) in [7, 11) is 1.73. The van der Waals surface area contributed by atoms with E-state index >= 15 is 0 Å². The highest BCUT2D eigenvalue weighted by Gasteiger charge is 2.22. The Bertz CT molecular complexity index is 587. The predicted octanol–water partition coefficient (Wildman–Crippen LogP) is 3.91. The first-order chi connectivity index (χ1) is 9.58. The Labute approximate surface area is 121 Å². The largest absolute Gasteiger partial charge is 0.496 e. The van der Waals surface area contributed by atoms with E-state index in [9.17, 15) is 0 Å². The van der Waals surface area contributed by atoms with Crippen molar-refractivity contribution < 1.29 is 9.15 Å². The molecular weight excluding hydrogens is 250 g/mol. The molecule has 0 radical (unpaired) electrons. The van der Waals surface area contributed by atoms with Crippen molar-refractivity contribution in [1.29, 1.82) is 0 Å². The van der Waals surface area contributed by atoms with Gasteiger partial charge in [0.1, 0.15) is 11.5 Å². The van der Waals surface area contributed by atoms with Gasteiger partial charge in [0.25, 0.3) is 0 Å². The Morgan fingerprint density at radius 3 is 2.55 bits per heavy atom. The molecule has 0 saturated heterocycles. The maximum atomic E-state index is 5.60. The van der Waals surface area contributed by atoms with E-state index in [1.165, 1.54) is 16.7 Å². The van der Waals surface area contributed by atoms with Gasteiger partial charge in [0.15, 0.2) is 0 Å². The van der Waals surface area contributed by atoms with Crippen LogP contribution in [0.5, 0.6) is 5.75 Å². The second kappa shape index (κ2) is 6.14. The summed E-state index contributed by atoms with van der Waals surface area (Å²) in [6.45, 7) is 9.20. The van der Waals surface area contributed by atoms with Gasteiger partial charge in [-0.15, -0.1) is 0 Å². The van der Waals surface area contributed by atoms with Gasteiger partial charge in [-0.1, -0.05) is 13.0 Å². The van der Waals surface area contributed by atoms with E-state index in [-0.39, 0.29) is 6.04 Å². The fourth-order valence-electron chi connectivity index (χ4n) is 2.74. The topological polar surface area (TPSA) is 34.4 Å². The summed E-state index contributed by atoms with van der Waals surface area (Å²) in [4.78, 5) is 0. The molecule has 1 atom stereocenters. The van der Waals surface area contributed by atoms with Crippen molar-refractivity contribution in [2.75, 3.05) is 13.7 Å². The van der Waals surface area contributed by atoms with Gasteiger partial charge in [-0.3, -0.25) is 0 Å². The van der Waals surface area contributed by atoms with Crippen LogP contribution in [-0.2, 0) is 0 Å². The lowest BCUT2D eigenvalue weighted by atomic mass is 9.93. The lowest BCUT2D eigenvalue weighted by Crippen LogP contribution is -2.23. The summed E-state index contributed by atoms with van der Waals surface area (Å²) >= 11 is 0.